The predicted octanol–water partition coefficient (Wildman–Crippen LogP) is 0.582. The molecule has 2 aliphatic rings. The van der Waals surface area contributed by atoms with E-state index < -0.39 is 12.0 Å². The number of rotatable bonds is 4. The van der Waals surface area contributed by atoms with E-state index in [0.29, 0.717) is 24.1 Å². The summed E-state index contributed by atoms with van der Waals surface area (Å²) in [6.45, 7) is 2.16. The van der Waals surface area contributed by atoms with Gasteiger partial charge in [-0.1, -0.05) is 0 Å². The van der Waals surface area contributed by atoms with Crippen molar-refractivity contribution in [1.82, 2.24) is 10.2 Å². The van der Waals surface area contributed by atoms with Crippen molar-refractivity contribution in [3.8, 4) is 0 Å². The lowest BCUT2D eigenvalue weighted by molar-refractivity contribution is -0.140. The van der Waals surface area contributed by atoms with Gasteiger partial charge < -0.3 is 20.1 Å². The smallest absolute Gasteiger partial charge is 0.327 e. The third kappa shape index (κ3) is 3.29. The maximum absolute atomic E-state index is 11.8. The Balaban J connectivity index is 1.71. The standard InChI is InChI=1S/C11H18N2O4S/c14-10(15)9-6-18-7-13(9)11(16)12-3-1-8-2-4-17-5-8/h8-9H,1-7H2,(H,12,16)(H,14,15)/t8?,9-/m0/s1. The van der Waals surface area contributed by atoms with Crippen LogP contribution in [0, 0.1) is 5.92 Å². The fourth-order valence-corrected chi connectivity index (χ4v) is 3.29. The first kappa shape index (κ1) is 13.5. The Labute approximate surface area is 110 Å². The van der Waals surface area contributed by atoms with Crippen molar-refractivity contribution in [1.29, 1.82) is 0 Å². The minimum absolute atomic E-state index is 0.272. The van der Waals surface area contributed by atoms with Gasteiger partial charge in [0.2, 0.25) is 0 Å². The van der Waals surface area contributed by atoms with Gasteiger partial charge in [-0.15, -0.1) is 11.8 Å². The van der Waals surface area contributed by atoms with E-state index in [1.807, 2.05) is 0 Å². The highest BCUT2D eigenvalue weighted by Crippen LogP contribution is 2.21. The fourth-order valence-electron chi connectivity index (χ4n) is 2.14. The molecule has 0 aromatic carbocycles. The first-order valence-corrected chi connectivity index (χ1v) is 7.26. The highest BCUT2D eigenvalue weighted by Gasteiger charge is 2.34. The second-order valence-corrected chi connectivity index (χ2v) is 5.57. The molecule has 0 aliphatic carbocycles. The Morgan fingerprint density at radius 3 is 3.00 bits per heavy atom. The SMILES string of the molecule is O=C(O)[C@@H]1CSCN1C(=O)NCCC1CCOC1. The molecular formula is C11H18N2O4S. The number of urea groups is 1. The molecule has 2 fully saturated rings. The molecule has 2 aliphatic heterocycles. The number of aliphatic carboxylic acids is 1. The van der Waals surface area contributed by atoms with Crippen LogP contribution in [-0.4, -0.2) is 59.4 Å². The molecule has 2 rings (SSSR count). The fraction of sp³-hybridized carbons (Fsp3) is 0.818. The zero-order valence-electron chi connectivity index (χ0n) is 10.1. The van der Waals surface area contributed by atoms with Crippen LogP contribution in [0.4, 0.5) is 4.79 Å². The van der Waals surface area contributed by atoms with E-state index in [1.54, 1.807) is 0 Å². The van der Waals surface area contributed by atoms with Crippen molar-refractivity contribution < 1.29 is 19.4 Å². The number of nitrogens with zero attached hydrogens (tertiary/aromatic N) is 1. The summed E-state index contributed by atoms with van der Waals surface area (Å²) in [5.41, 5.74) is 0. The van der Waals surface area contributed by atoms with Crippen molar-refractivity contribution in [3.63, 3.8) is 0 Å². The number of carbonyl (C=O) groups excluding carboxylic acids is 1. The molecule has 0 bridgehead atoms. The van der Waals surface area contributed by atoms with Gasteiger partial charge in [-0.25, -0.2) is 9.59 Å². The molecule has 2 saturated heterocycles. The van der Waals surface area contributed by atoms with Gasteiger partial charge >= 0.3 is 12.0 Å². The predicted molar refractivity (Wildman–Crippen MR) is 67.5 cm³/mol. The topological polar surface area (TPSA) is 78.9 Å². The van der Waals surface area contributed by atoms with Crippen LogP contribution < -0.4 is 5.32 Å². The average molecular weight is 274 g/mol. The summed E-state index contributed by atoms with van der Waals surface area (Å²) in [6.07, 6.45) is 1.94. The molecule has 7 heteroatoms. The van der Waals surface area contributed by atoms with E-state index >= 15 is 0 Å². The number of thioether (sulfide) groups is 1. The van der Waals surface area contributed by atoms with Crippen LogP contribution in [0.15, 0.2) is 0 Å². The van der Waals surface area contributed by atoms with Crippen molar-refractivity contribution in [2.75, 3.05) is 31.4 Å². The minimum atomic E-state index is -0.931. The number of hydrogen-bond acceptors (Lipinski definition) is 4. The Bertz CT molecular complexity index is 320. The Morgan fingerprint density at radius 2 is 2.33 bits per heavy atom. The molecule has 18 heavy (non-hydrogen) atoms. The first-order chi connectivity index (χ1) is 8.68. The molecular weight excluding hydrogens is 256 g/mol. The summed E-state index contributed by atoms with van der Waals surface area (Å²) in [7, 11) is 0. The van der Waals surface area contributed by atoms with Crippen LogP contribution in [0.25, 0.3) is 0 Å². The molecule has 0 radical (unpaired) electrons. The molecule has 2 amide bonds. The second kappa shape index (κ2) is 6.29. The molecule has 2 heterocycles. The van der Waals surface area contributed by atoms with Crippen LogP contribution >= 0.6 is 11.8 Å². The van der Waals surface area contributed by atoms with Crippen LogP contribution in [0.1, 0.15) is 12.8 Å². The summed E-state index contributed by atoms with van der Waals surface area (Å²) >= 11 is 1.47. The molecule has 2 N–H and O–H groups in total. The number of carbonyl (C=O) groups is 2. The van der Waals surface area contributed by atoms with Gasteiger partial charge in [0.15, 0.2) is 0 Å². The van der Waals surface area contributed by atoms with Crippen molar-refractivity contribution in [3.05, 3.63) is 0 Å². The highest BCUT2D eigenvalue weighted by atomic mass is 32.2. The van der Waals surface area contributed by atoms with E-state index in [4.69, 9.17) is 9.84 Å². The number of amides is 2. The maximum atomic E-state index is 11.8. The Kier molecular flexibility index (Phi) is 4.71. The van der Waals surface area contributed by atoms with Crippen LogP contribution in [-0.2, 0) is 9.53 Å². The van der Waals surface area contributed by atoms with Gasteiger partial charge in [0.05, 0.1) is 5.88 Å². The Morgan fingerprint density at radius 1 is 1.50 bits per heavy atom. The number of nitrogens with one attached hydrogen (secondary N) is 1. The van der Waals surface area contributed by atoms with Crippen molar-refractivity contribution in [2.45, 2.75) is 18.9 Å². The summed E-state index contributed by atoms with van der Waals surface area (Å²) in [5.74, 6) is 0.516. The van der Waals surface area contributed by atoms with Gasteiger partial charge in [0.25, 0.3) is 0 Å². The first-order valence-electron chi connectivity index (χ1n) is 6.11. The number of carboxylic acid groups (broad SMARTS) is 1. The van der Waals surface area contributed by atoms with Gasteiger partial charge in [-0.05, 0) is 18.8 Å². The number of ether oxygens (including phenoxy) is 1. The molecule has 0 aromatic rings. The minimum Gasteiger partial charge on any atom is -0.480 e. The average Bonchev–Trinajstić information content (AvgIpc) is 2.99. The van der Waals surface area contributed by atoms with Crippen LogP contribution in [0.3, 0.4) is 0 Å². The number of hydrogen-bond donors (Lipinski definition) is 2. The lowest BCUT2D eigenvalue weighted by atomic mass is 10.1. The highest BCUT2D eigenvalue weighted by molar-refractivity contribution is 7.99. The Hall–Kier alpha value is -0.950. The molecule has 1 unspecified atom stereocenters. The molecule has 102 valence electrons. The third-order valence-corrected chi connectivity index (χ3v) is 4.29. The second-order valence-electron chi connectivity index (χ2n) is 4.57. The van der Waals surface area contributed by atoms with Crippen molar-refractivity contribution in [2.24, 2.45) is 5.92 Å². The molecule has 6 nitrogen and oxygen atoms in total. The quantitative estimate of drug-likeness (QED) is 0.784. The van der Waals surface area contributed by atoms with E-state index in [9.17, 15) is 9.59 Å². The van der Waals surface area contributed by atoms with Crippen LogP contribution in [0.2, 0.25) is 0 Å². The normalized spacial score (nSPS) is 27.4. The van der Waals surface area contributed by atoms with E-state index in [2.05, 4.69) is 5.32 Å². The van der Waals surface area contributed by atoms with E-state index in [0.717, 1.165) is 26.1 Å². The van der Waals surface area contributed by atoms with Gasteiger partial charge in [0, 0.05) is 25.5 Å². The lowest BCUT2D eigenvalue weighted by Gasteiger charge is -2.21. The molecule has 0 spiro atoms. The summed E-state index contributed by atoms with van der Waals surface area (Å²) in [6, 6.07) is -0.962. The zero-order valence-corrected chi connectivity index (χ0v) is 10.9. The van der Waals surface area contributed by atoms with E-state index in [1.165, 1.54) is 16.7 Å². The van der Waals surface area contributed by atoms with Crippen molar-refractivity contribution >= 4 is 23.8 Å². The molecule has 0 saturated carbocycles. The van der Waals surface area contributed by atoms with Gasteiger partial charge in [-0.3, -0.25) is 0 Å². The third-order valence-electron chi connectivity index (χ3n) is 3.28. The molecule has 0 aromatic heterocycles. The monoisotopic (exact) mass is 274 g/mol. The lowest BCUT2D eigenvalue weighted by Crippen LogP contribution is -2.47. The maximum Gasteiger partial charge on any atom is 0.327 e. The summed E-state index contributed by atoms with van der Waals surface area (Å²) < 4.78 is 5.26. The van der Waals surface area contributed by atoms with E-state index in [-0.39, 0.29) is 6.03 Å². The van der Waals surface area contributed by atoms with Crippen LogP contribution in [0.5, 0.6) is 0 Å². The number of carboxylic acids is 1. The largest absolute Gasteiger partial charge is 0.480 e. The van der Waals surface area contributed by atoms with Gasteiger partial charge in [-0.2, -0.15) is 0 Å². The van der Waals surface area contributed by atoms with Gasteiger partial charge in [0.1, 0.15) is 6.04 Å². The zero-order chi connectivity index (χ0) is 13.0. The summed E-state index contributed by atoms with van der Waals surface area (Å²) in [4.78, 5) is 24.2. The molecule has 2 atom stereocenters. The summed E-state index contributed by atoms with van der Waals surface area (Å²) in [5, 5.41) is 11.8.